The van der Waals surface area contributed by atoms with Crippen LogP contribution in [0.1, 0.15) is 18.1 Å². The first-order valence-electron chi connectivity index (χ1n) is 5.41. The fourth-order valence-corrected chi connectivity index (χ4v) is 2.38. The third-order valence-corrected chi connectivity index (χ3v) is 3.38. The Kier molecular flexibility index (Phi) is 5.72. The molecule has 108 valence electrons. The van der Waals surface area contributed by atoms with Crippen LogP contribution in [0.5, 0.6) is 0 Å². The highest BCUT2D eigenvalue weighted by atomic mass is 35.5. The van der Waals surface area contributed by atoms with Crippen LogP contribution in [-0.4, -0.2) is 18.1 Å². The lowest BCUT2D eigenvalue weighted by molar-refractivity contribution is -0.142. The van der Waals surface area contributed by atoms with Crippen LogP contribution >= 0.6 is 23.4 Å². The molecule has 0 radical (unpaired) electrons. The van der Waals surface area contributed by atoms with Crippen molar-refractivity contribution in [1.29, 1.82) is 5.26 Å². The van der Waals surface area contributed by atoms with Gasteiger partial charge in [-0.25, -0.2) is 0 Å². The van der Waals surface area contributed by atoms with E-state index in [1.165, 1.54) is 6.07 Å². The van der Waals surface area contributed by atoms with Gasteiger partial charge in [0, 0.05) is 4.90 Å². The maximum absolute atomic E-state index is 12.3. The van der Waals surface area contributed by atoms with Crippen molar-refractivity contribution in [1.82, 2.24) is 0 Å². The highest BCUT2D eigenvalue weighted by Gasteiger charge is 2.31. The Morgan fingerprint density at radius 3 is 2.65 bits per heavy atom. The molecule has 0 fully saturated rings. The van der Waals surface area contributed by atoms with E-state index in [2.05, 4.69) is 0 Å². The minimum atomic E-state index is -4.52. The van der Waals surface area contributed by atoms with Crippen LogP contribution in [0.3, 0.4) is 0 Å². The van der Waals surface area contributed by atoms with Gasteiger partial charge in [0.25, 0.3) is 0 Å². The molecule has 0 N–H and O–H groups in total. The average molecular weight is 324 g/mol. The van der Waals surface area contributed by atoms with Crippen LogP contribution in [0.25, 0.3) is 0 Å². The molecule has 8 heteroatoms. The first-order chi connectivity index (χ1) is 9.28. The summed E-state index contributed by atoms with van der Waals surface area (Å²) in [4.78, 5) is 11.0. The number of hydrogen-bond acceptors (Lipinski definition) is 4. The van der Waals surface area contributed by atoms with Crippen molar-refractivity contribution < 1.29 is 22.7 Å². The zero-order valence-electron chi connectivity index (χ0n) is 10.3. The van der Waals surface area contributed by atoms with E-state index in [4.69, 9.17) is 21.6 Å². The van der Waals surface area contributed by atoms with Crippen LogP contribution in [0, 0.1) is 11.3 Å². The van der Waals surface area contributed by atoms with Crippen molar-refractivity contribution in [3.8, 4) is 6.07 Å². The summed E-state index contributed by atoms with van der Waals surface area (Å²) in [5, 5.41) is 8.77. The topological polar surface area (TPSA) is 50.1 Å². The molecule has 0 amide bonds. The van der Waals surface area contributed by atoms with Gasteiger partial charge in [0.1, 0.15) is 6.07 Å². The van der Waals surface area contributed by atoms with Crippen LogP contribution in [0.15, 0.2) is 17.0 Å². The van der Waals surface area contributed by atoms with Crippen molar-refractivity contribution in [3.63, 3.8) is 0 Å². The fraction of sp³-hybridized carbons (Fsp3) is 0.333. The van der Waals surface area contributed by atoms with Gasteiger partial charge in [-0.05, 0) is 30.3 Å². The Hall–Kier alpha value is -1.39. The summed E-state index contributed by atoms with van der Waals surface area (Å²) in [6.45, 7) is 1.81. The van der Waals surface area contributed by atoms with E-state index in [-0.39, 0.29) is 34.1 Å². The fourth-order valence-electron chi connectivity index (χ4n) is 1.42. The second-order valence-electron chi connectivity index (χ2n) is 3.55. The Morgan fingerprint density at radius 1 is 1.50 bits per heavy atom. The zero-order valence-corrected chi connectivity index (χ0v) is 11.8. The van der Waals surface area contributed by atoms with Crippen molar-refractivity contribution >= 4 is 29.3 Å². The van der Waals surface area contributed by atoms with E-state index in [0.29, 0.717) is 0 Å². The molecule has 20 heavy (non-hydrogen) atoms. The van der Waals surface area contributed by atoms with Gasteiger partial charge in [0.05, 0.1) is 23.6 Å². The molecule has 0 saturated heterocycles. The minimum Gasteiger partial charge on any atom is -0.466 e. The lowest BCUT2D eigenvalue weighted by atomic mass is 10.1. The quantitative estimate of drug-likeness (QED) is 0.622. The number of nitrogens with zero attached hydrogens (tertiary/aromatic N) is 1. The number of carbonyl (C=O) groups is 1. The van der Waals surface area contributed by atoms with Gasteiger partial charge in [0.2, 0.25) is 0 Å². The highest BCUT2D eigenvalue weighted by molar-refractivity contribution is 8.00. The number of nitriles is 1. The average Bonchev–Trinajstić information content (AvgIpc) is 2.31. The maximum atomic E-state index is 12.3. The number of halogens is 4. The molecule has 0 aliphatic heterocycles. The summed E-state index contributed by atoms with van der Waals surface area (Å²) in [7, 11) is 0. The lowest BCUT2D eigenvalue weighted by Gasteiger charge is -2.11. The van der Waals surface area contributed by atoms with Crippen molar-refractivity contribution in [2.45, 2.75) is 23.7 Å². The lowest BCUT2D eigenvalue weighted by Crippen LogP contribution is -2.08. The van der Waals surface area contributed by atoms with Crippen molar-refractivity contribution in [2.75, 3.05) is 6.61 Å². The monoisotopic (exact) mass is 323 g/mol. The standard InChI is InChI=1S/C12H9ClF3NO2S/c1-2-19-10(18)5-7-3-4-9(20-12(14,15)16)8(6-17)11(7)13/h3-4H,2,5H2,1H3. The van der Waals surface area contributed by atoms with Gasteiger partial charge in [-0.3, -0.25) is 4.79 Å². The van der Waals surface area contributed by atoms with Gasteiger partial charge < -0.3 is 4.74 Å². The first kappa shape index (κ1) is 16.7. The van der Waals surface area contributed by atoms with Gasteiger partial charge in [0.15, 0.2) is 0 Å². The van der Waals surface area contributed by atoms with Gasteiger partial charge >= 0.3 is 11.5 Å². The maximum Gasteiger partial charge on any atom is 0.446 e. The van der Waals surface area contributed by atoms with E-state index in [0.717, 1.165) is 6.07 Å². The summed E-state index contributed by atoms with van der Waals surface area (Å²) >= 11 is 5.46. The molecule has 3 nitrogen and oxygen atoms in total. The van der Waals surface area contributed by atoms with Gasteiger partial charge in [-0.15, -0.1) is 0 Å². The van der Waals surface area contributed by atoms with E-state index < -0.39 is 23.2 Å². The summed E-state index contributed by atoms with van der Waals surface area (Å²) < 4.78 is 41.7. The molecule has 0 aromatic heterocycles. The summed E-state index contributed by atoms with van der Waals surface area (Å²) in [5.74, 6) is -0.561. The number of thioether (sulfide) groups is 1. The number of rotatable bonds is 4. The van der Waals surface area contributed by atoms with E-state index >= 15 is 0 Å². The van der Waals surface area contributed by atoms with Gasteiger partial charge in [-0.1, -0.05) is 17.7 Å². The molecule has 0 heterocycles. The van der Waals surface area contributed by atoms with Crippen LogP contribution in [0.2, 0.25) is 5.02 Å². The molecular weight excluding hydrogens is 315 g/mol. The Labute approximate surface area is 122 Å². The van der Waals surface area contributed by atoms with Crippen molar-refractivity contribution in [3.05, 3.63) is 28.3 Å². The molecule has 0 aliphatic rings. The Balaban J connectivity index is 3.09. The second-order valence-corrected chi connectivity index (χ2v) is 5.04. The molecule has 1 aromatic rings. The largest absolute Gasteiger partial charge is 0.466 e. The summed E-state index contributed by atoms with van der Waals surface area (Å²) in [6.07, 6.45) is -0.196. The zero-order chi connectivity index (χ0) is 15.3. The molecule has 0 unspecified atom stereocenters. The summed E-state index contributed by atoms with van der Waals surface area (Å²) in [6, 6.07) is 4.04. The third-order valence-electron chi connectivity index (χ3n) is 2.16. The smallest absolute Gasteiger partial charge is 0.446 e. The summed E-state index contributed by atoms with van der Waals surface area (Å²) in [5.41, 5.74) is -4.55. The Morgan fingerprint density at radius 2 is 2.15 bits per heavy atom. The second kappa shape index (κ2) is 6.86. The number of alkyl halides is 3. The Bertz CT molecular complexity index is 555. The van der Waals surface area contributed by atoms with Crippen LogP contribution in [0.4, 0.5) is 13.2 Å². The highest BCUT2D eigenvalue weighted by Crippen LogP contribution is 2.40. The predicted molar refractivity (Wildman–Crippen MR) is 68.4 cm³/mol. The number of benzene rings is 1. The number of carbonyl (C=O) groups excluding carboxylic acids is 1. The predicted octanol–water partition coefficient (Wildman–Crippen LogP) is 3.93. The molecule has 0 spiro atoms. The van der Waals surface area contributed by atoms with Crippen LogP contribution in [-0.2, 0) is 16.0 Å². The molecule has 1 aromatic carbocycles. The molecule has 1 rings (SSSR count). The molecule has 0 atom stereocenters. The molecular formula is C12H9ClF3NO2S. The first-order valence-corrected chi connectivity index (χ1v) is 6.60. The normalized spacial score (nSPS) is 11.0. The number of esters is 1. The molecule has 0 saturated carbocycles. The van der Waals surface area contributed by atoms with Crippen LogP contribution < -0.4 is 0 Å². The van der Waals surface area contributed by atoms with E-state index in [1.54, 1.807) is 13.0 Å². The van der Waals surface area contributed by atoms with E-state index in [9.17, 15) is 18.0 Å². The third kappa shape index (κ3) is 4.62. The van der Waals surface area contributed by atoms with Gasteiger partial charge in [-0.2, -0.15) is 18.4 Å². The number of ether oxygens (including phenoxy) is 1. The minimum absolute atomic E-state index is 0.158. The SMILES string of the molecule is CCOC(=O)Cc1ccc(SC(F)(F)F)c(C#N)c1Cl. The molecule has 0 bridgehead atoms. The molecule has 0 aliphatic carbocycles. The number of hydrogen-bond donors (Lipinski definition) is 0. The van der Waals surface area contributed by atoms with E-state index in [1.807, 2.05) is 0 Å². The van der Waals surface area contributed by atoms with Crippen molar-refractivity contribution in [2.24, 2.45) is 0 Å².